The van der Waals surface area contributed by atoms with E-state index in [-0.39, 0.29) is 12.0 Å². The average Bonchev–Trinajstić information content (AvgIpc) is 3.09. The summed E-state index contributed by atoms with van der Waals surface area (Å²) in [4.78, 5) is 12.1. The van der Waals surface area contributed by atoms with Crippen LogP contribution in [0.1, 0.15) is 62.4 Å². The Bertz CT molecular complexity index is 764. The lowest BCUT2D eigenvalue weighted by Gasteiger charge is -2.18. The number of benzene rings is 1. The van der Waals surface area contributed by atoms with Crippen molar-refractivity contribution in [3.8, 4) is 5.75 Å². The molecule has 1 amide bonds. The SMILES string of the molecule is CC(C)Oc1cccc(/C=C/C(=O)Nc2nnc(C3CCCCC3)s2)c1. The first-order valence-electron chi connectivity index (χ1n) is 9.19. The molecule has 1 heterocycles. The Morgan fingerprint density at radius 2 is 2.08 bits per heavy atom. The van der Waals surface area contributed by atoms with E-state index in [9.17, 15) is 4.79 Å². The van der Waals surface area contributed by atoms with Gasteiger partial charge in [0, 0.05) is 12.0 Å². The molecule has 0 unspecified atom stereocenters. The minimum atomic E-state index is -0.202. The van der Waals surface area contributed by atoms with Gasteiger partial charge in [-0.2, -0.15) is 0 Å². The Kier molecular flexibility index (Phi) is 6.39. The van der Waals surface area contributed by atoms with E-state index in [1.165, 1.54) is 49.5 Å². The van der Waals surface area contributed by atoms with Crippen molar-refractivity contribution in [2.24, 2.45) is 0 Å². The summed E-state index contributed by atoms with van der Waals surface area (Å²) in [6, 6.07) is 7.67. The Morgan fingerprint density at radius 1 is 1.27 bits per heavy atom. The second-order valence-electron chi connectivity index (χ2n) is 6.84. The van der Waals surface area contributed by atoms with Crippen molar-refractivity contribution >= 4 is 28.5 Å². The van der Waals surface area contributed by atoms with Crippen molar-refractivity contribution in [3.63, 3.8) is 0 Å². The van der Waals surface area contributed by atoms with Gasteiger partial charge in [0.05, 0.1) is 6.10 Å². The summed E-state index contributed by atoms with van der Waals surface area (Å²) in [5, 5.41) is 12.8. The van der Waals surface area contributed by atoms with E-state index in [1.54, 1.807) is 6.08 Å². The number of carbonyl (C=O) groups excluding carboxylic acids is 1. The molecule has 1 aliphatic carbocycles. The highest BCUT2D eigenvalue weighted by Gasteiger charge is 2.19. The van der Waals surface area contributed by atoms with Crippen LogP contribution in [-0.4, -0.2) is 22.2 Å². The van der Waals surface area contributed by atoms with Crippen LogP contribution < -0.4 is 10.1 Å². The van der Waals surface area contributed by atoms with Crippen LogP contribution in [-0.2, 0) is 4.79 Å². The number of aromatic nitrogens is 2. The summed E-state index contributed by atoms with van der Waals surface area (Å²) in [5.74, 6) is 1.10. The molecule has 0 spiro atoms. The summed E-state index contributed by atoms with van der Waals surface area (Å²) in [6.45, 7) is 3.97. The first kappa shape index (κ1) is 18.6. The molecule has 5 nitrogen and oxygen atoms in total. The Hall–Kier alpha value is -2.21. The zero-order chi connectivity index (χ0) is 18.4. The highest BCUT2D eigenvalue weighted by molar-refractivity contribution is 7.15. The van der Waals surface area contributed by atoms with E-state index in [0.717, 1.165) is 16.3 Å². The number of amides is 1. The van der Waals surface area contributed by atoms with Crippen LogP contribution in [0.4, 0.5) is 5.13 Å². The highest BCUT2D eigenvalue weighted by atomic mass is 32.1. The molecule has 1 fully saturated rings. The molecule has 1 aliphatic rings. The van der Waals surface area contributed by atoms with Crippen LogP contribution in [0.2, 0.25) is 0 Å². The van der Waals surface area contributed by atoms with Gasteiger partial charge in [-0.3, -0.25) is 10.1 Å². The molecule has 1 N–H and O–H groups in total. The molecule has 0 bridgehead atoms. The van der Waals surface area contributed by atoms with Crippen molar-refractivity contribution in [2.45, 2.75) is 58.0 Å². The number of anilines is 1. The lowest BCUT2D eigenvalue weighted by atomic mass is 9.90. The van der Waals surface area contributed by atoms with Crippen LogP contribution >= 0.6 is 11.3 Å². The fourth-order valence-electron chi connectivity index (χ4n) is 3.08. The second-order valence-corrected chi connectivity index (χ2v) is 7.85. The zero-order valence-electron chi connectivity index (χ0n) is 15.3. The van der Waals surface area contributed by atoms with Gasteiger partial charge in [0.1, 0.15) is 10.8 Å². The Labute approximate surface area is 158 Å². The lowest BCUT2D eigenvalue weighted by molar-refractivity contribution is -0.111. The van der Waals surface area contributed by atoms with Crippen molar-refractivity contribution in [1.82, 2.24) is 10.2 Å². The summed E-state index contributed by atoms with van der Waals surface area (Å²) < 4.78 is 5.67. The topological polar surface area (TPSA) is 64.1 Å². The molecular weight excluding hydrogens is 346 g/mol. The van der Waals surface area contributed by atoms with E-state index in [2.05, 4.69) is 15.5 Å². The molecule has 0 atom stereocenters. The summed E-state index contributed by atoms with van der Waals surface area (Å²) in [6.07, 6.45) is 9.58. The summed E-state index contributed by atoms with van der Waals surface area (Å²) in [7, 11) is 0. The molecule has 6 heteroatoms. The van der Waals surface area contributed by atoms with Gasteiger partial charge in [-0.15, -0.1) is 10.2 Å². The van der Waals surface area contributed by atoms with Gasteiger partial charge in [-0.1, -0.05) is 42.7 Å². The Balaban J connectivity index is 1.57. The monoisotopic (exact) mass is 371 g/mol. The van der Waals surface area contributed by atoms with Crippen molar-refractivity contribution in [2.75, 3.05) is 5.32 Å². The quantitative estimate of drug-likeness (QED) is 0.724. The number of hydrogen-bond donors (Lipinski definition) is 1. The van der Waals surface area contributed by atoms with E-state index in [1.807, 2.05) is 38.1 Å². The van der Waals surface area contributed by atoms with Crippen LogP contribution in [0.5, 0.6) is 5.75 Å². The normalized spacial score (nSPS) is 15.5. The fourth-order valence-corrected chi connectivity index (χ4v) is 4.00. The van der Waals surface area contributed by atoms with Gasteiger partial charge in [0.2, 0.25) is 11.0 Å². The summed E-state index contributed by atoms with van der Waals surface area (Å²) in [5.41, 5.74) is 0.915. The van der Waals surface area contributed by atoms with Gasteiger partial charge >= 0.3 is 0 Å². The minimum Gasteiger partial charge on any atom is -0.491 e. The predicted octanol–water partition coefficient (Wildman–Crippen LogP) is 5.02. The van der Waals surface area contributed by atoms with Gasteiger partial charge in [0.15, 0.2) is 0 Å². The third-order valence-electron chi connectivity index (χ3n) is 4.28. The number of ether oxygens (including phenoxy) is 1. The lowest BCUT2D eigenvalue weighted by Crippen LogP contribution is -2.07. The van der Waals surface area contributed by atoms with Gasteiger partial charge < -0.3 is 4.74 Å². The van der Waals surface area contributed by atoms with Crippen LogP contribution in [0.25, 0.3) is 6.08 Å². The maximum Gasteiger partial charge on any atom is 0.250 e. The molecule has 26 heavy (non-hydrogen) atoms. The highest BCUT2D eigenvalue weighted by Crippen LogP contribution is 2.35. The van der Waals surface area contributed by atoms with Crippen molar-refractivity contribution in [1.29, 1.82) is 0 Å². The second kappa shape index (κ2) is 8.94. The molecule has 0 aliphatic heterocycles. The summed E-state index contributed by atoms with van der Waals surface area (Å²) >= 11 is 1.49. The van der Waals surface area contributed by atoms with Gasteiger partial charge in [0.25, 0.3) is 0 Å². The van der Waals surface area contributed by atoms with Crippen molar-refractivity contribution in [3.05, 3.63) is 40.9 Å². The van der Waals surface area contributed by atoms with E-state index >= 15 is 0 Å². The number of nitrogens with one attached hydrogen (secondary N) is 1. The van der Waals surface area contributed by atoms with Gasteiger partial charge in [-0.05, 0) is 50.5 Å². The van der Waals surface area contributed by atoms with E-state index < -0.39 is 0 Å². The Morgan fingerprint density at radius 3 is 2.85 bits per heavy atom. The van der Waals surface area contributed by atoms with Crippen LogP contribution in [0.3, 0.4) is 0 Å². The molecule has 1 aromatic heterocycles. The van der Waals surface area contributed by atoms with Crippen LogP contribution in [0.15, 0.2) is 30.3 Å². The zero-order valence-corrected chi connectivity index (χ0v) is 16.1. The predicted molar refractivity (Wildman–Crippen MR) is 106 cm³/mol. The number of hydrogen-bond acceptors (Lipinski definition) is 5. The van der Waals surface area contributed by atoms with E-state index in [4.69, 9.17) is 4.74 Å². The van der Waals surface area contributed by atoms with Crippen LogP contribution in [0, 0.1) is 0 Å². The number of nitrogens with zero attached hydrogens (tertiary/aromatic N) is 2. The molecule has 0 radical (unpaired) electrons. The first-order valence-corrected chi connectivity index (χ1v) is 10.0. The first-order chi connectivity index (χ1) is 12.6. The number of carbonyl (C=O) groups is 1. The molecule has 2 aromatic rings. The fraction of sp³-hybridized carbons (Fsp3) is 0.450. The number of rotatable bonds is 6. The molecule has 1 saturated carbocycles. The van der Waals surface area contributed by atoms with Gasteiger partial charge in [-0.25, -0.2) is 0 Å². The molecular formula is C20H25N3O2S. The standard InChI is InChI=1S/C20H25N3O2S/c1-14(2)25-17-10-6-7-15(13-17)11-12-18(24)21-20-23-22-19(26-20)16-8-4-3-5-9-16/h6-7,10-14,16H,3-5,8-9H2,1-2H3,(H,21,23,24)/b12-11+. The molecule has 138 valence electrons. The molecule has 1 aromatic carbocycles. The third kappa shape index (κ3) is 5.39. The van der Waals surface area contributed by atoms with E-state index in [0.29, 0.717) is 11.0 Å². The maximum atomic E-state index is 12.1. The smallest absolute Gasteiger partial charge is 0.250 e. The largest absolute Gasteiger partial charge is 0.491 e. The third-order valence-corrected chi connectivity index (χ3v) is 5.28. The molecule has 0 saturated heterocycles. The maximum absolute atomic E-state index is 12.1. The molecule has 3 rings (SSSR count). The average molecular weight is 372 g/mol. The van der Waals surface area contributed by atoms with Crippen molar-refractivity contribution < 1.29 is 9.53 Å². The minimum absolute atomic E-state index is 0.119.